The van der Waals surface area contributed by atoms with E-state index in [4.69, 9.17) is 20.3 Å². The van der Waals surface area contributed by atoms with Crippen molar-refractivity contribution in [3.8, 4) is 0 Å². The summed E-state index contributed by atoms with van der Waals surface area (Å²) in [7, 11) is -25.0. The van der Waals surface area contributed by atoms with Crippen LogP contribution in [-0.2, 0) is 36.1 Å². The van der Waals surface area contributed by atoms with E-state index < -0.39 is 92.6 Å². The first-order valence-electron chi connectivity index (χ1n) is 11.2. The molecule has 0 amide bonds. The molecule has 3 unspecified atom stereocenters. The Bertz CT molecular complexity index is 1530. The molecule has 246 valence electrons. The average Bonchev–Trinajstić information content (AvgIpc) is 3.37. The molecular formula is C15H23F4N5O15P4. The number of halogens is 4. The molecule has 2 aromatic rings. The van der Waals surface area contributed by atoms with Gasteiger partial charge in [-0.1, -0.05) is 0 Å². The van der Waals surface area contributed by atoms with Crippen molar-refractivity contribution in [1.29, 1.82) is 0 Å². The number of nitrogen functional groups attached to an aromatic ring is 1. The highest BCUT2D eigenvalue weighted by atomic mass is 31.3. The molecule has 0 aliphatic carbocycles. The second-order valence-corrected chi connectivity index (χ2v) is 15.7. The second-order valence-electron chi connectivity index (χ2n) is 8.78. The summed E-state index contributed by atoms with van der Waals surface area (Å²) in [6.07, 6.45) is -9.97. The van der Waals surface area contributed by atoms with Crippen LogP contribution < -0.4 is 5.73 Å². The summed E-state index contributed by atoms with van der Waals surface area (Å²) in [6, 6.07) is 0. The predicted molar refractivity (Wildman–Crippen MR) is 129 cm³/mol. The van der Waals surface area contributed by atoms with E-state index in [1.54, 1.807) is 0 Å². The number of ether oxygens (including phenoxy) is 1. The van der Waals surface area contributed by atoms with Gasteiger partial charge in [-0.3, -0.25) is 18.2 Å². The number of fused-ring (bicyclic) bond motifs is 1. The zero-order valence-electron chi connectivity index (χ0n) is 20.9. The molecule has 0 radical (unpaired) electrons. The number of anilines is 1. The first-order chi connectivity index (χ1) is 19.4. The van der Waals surface area contributed by atoms with Crippen LogP contribution in [0.5, 0.6) is 0 Å². The molecule has 3 heterocycles. The number of rotatable bonds is 14. The van der Waals surface area contributed by atoms with E-state index in [-0.39, 0.29) is 17.0 Å². The fourth-order valence-electron chi connectivity index (χ4n) is 3.49. The summed E-state index contributed by atoms with van der Waals surface area (Å²) in [4.78, 5) is 57.2. The predicted octanol–water partition coefficient (Wildman–Crippen LogP) is 0.997. The van der Waals surface area contributed by atoms with Crippen molar-refractivity contribution in [2.45, 2.75) is 55.1 Å². The lowest BCUT2D eigenvalue weighted by Gasteiger charge is -2.25. The molecule has 2 aromatic heterocycles. The van der Waals surface area contributed by atoms with Crippen molar-refractivity contribution in [3.05, 3.63) is 12.7 Å². The van der Waals surface area contributed by atoms with Crippen LogP contribution in [0, 0.1) is 0 Å². The number of imidazole rings is 1. The minimum Gasteiger partial charge on any atom is -0.387 e. The number of nitrogens with zero attached hydrogens (tertiary/aromatic N) is 4. The third-order valence-electron chi connectivity index (χ3n) is 5.62. The third kappa shape index (κ3) is 8.23. The van der Waals surface area contributed by atoms with Gasteiger partial charge in [0.05, 0.1) is 12.9 Å². The Morgan fingerprint density at radius 2 is 1.51 bits per heavy atom. The summed E-state index contributed by atoms with van der Waals surface area (Å²) >= 11 is 0. The first-order valence-corrected chi connectivity index (χ1v) is 17.4. The van der Waals surface area contributed by atoms with Crippen LogP contribution in [0.15, 0.2) is 12.7 Å². The SMILES string of the molecule is Nc1ncnc2c1ncn2[C@@H]1O[C@H](COP(=O)(O)OP(=O)(O)OP(=O)(O)C(F)(F)CCCC(F)(F)P(=O)(O)O)[C@@H](O)[C@H]1O. The van der Waals surface area contributed by atoms with Crippen molar-refractivity contribution >= 4 is 47.8 Å². The van der Waals surface area contributed by atoms with E-state index in [9.17, 15) is 60.7 Å². The lowest BCUT2D eigenvalue weighted by atomic mass is 10.1. The molecule has 1 fully saturated rings. The van der Waals surface area contributed by atoms with Crippen molar-refractivity contribution in [1.82, 2.24) is 19.5 Å². The largest absolute Gasteiger partial charge is 0.488 e. The number of hydrogen-bond donors (Lipinski definition) is 8. The number of aromatic nitrogens is 4. The minimum absolute atomic E-state index is 0.0422. The van der Waals surface area contributed by atoms with Crippen LogP contribution in [0.2, 0.25) is 0 Å². The van der Waals surface area contributed by atoms with E-state index in [0.29, 0.717) is 0 Å². The number of phosphoric acid groups is 2. The van der Waals surface area contributed by atoms with Crippen molar-refractivity contribution in [2.75, 3.05) is 12.3 Å². The van der Waals surface area contributed by atoms with Crippen LogP contribution in [0.1, 0.15) is 25.5 Å². The van der Waals surface area contributed by atoms with Gasteiger partial charge in [-0.05, 0) is 6.42 Å². The Hall–Kier alpha value is -1.45. The van der Waals surface area contributed by atoms with Gasteiger partial charge in [0.1, 0.15) is 30.2 Å². The number of nitrogens with two attached hydrogens (primary N) is 1. The lowest BCUT2D eigenvalue weighted by Crippen LogP contribution is -2.33. The highest BCUT2D eigenvalue weighted by Crippen LogP contribution is 2.72. The van der Waals surface area contributed by atoms with E-state index in [2.05, 4.69) is 28.1 Å². The number of aliphatic hydroxyl groups is 2. The van der Waals surface area contributed by atoms with Gasteiger partial charge in [-0.15, -0.1) is 0 Å². The standard InChI is InChI=1S/C15H23F4N5O15P4/c16-14(17,40(27,28)29)2-1-3-15(18,19)41(30,31)38-43(34,35)39-42(32,33)36-4-7-9(25)10(26)13(37-7)24-6-23-8-11(20)21-5-22-12(8)24/h5-7,9-10,13,25-26H,1-4H2,(H,30,31)(H,32,33)(H,34,35)(H2,20,21,22)(H2,27,28,29)/t7-,9-,10-,13-/m1/s1. The molecular weight excluding hydrogens is 690 g/mol. The first kappa shape index (κ1) is 36.0. The van der Waals surface area contributed by atoms with Crippen molar-refractivity contribution in [3.63, 3.8) is 0 Å². The monoisotopic (exact) mass is 713 g/mol. The third-order valence-corrected chi connectivity index (χ3v) is 11.6. The summed E-state index contributed by atoms with van der Waals surface area (Å²) in [5, 5.41) is 20.6. The van der Waals surface area contributed by atoms with Crippen LogP contribution in [0.4, 0.5) is 23.4 Å². The average molecular weight is 713 g/mol. The molecule has 0 aromatic carbocycles. The smallest absolute Gasteiger partial charge is 0.387 e. The molecule has 3 rings (SSSR count). The van der Waals surface area contributed by atoms with E-state index in [1.165, 1.54) is 0 Å². The molecule has 1 aliphatic heterocycles. The molecule has 1 saturated heterocycles. The van der Waals surface area contributed by atoms with E-state index in [0.717, 1.165) is 17.2 Å². The van der Waals surface area contributed by atoms with Gasteiger partial charge in [-0.2, -0.15) is 21.9 Å². The van der Waals surface area contributed by atoms with Gasteiger partial charge in [-0.25, -0.2) is 28.4 Å². The van der Waals surface area contributed by atoms with Gasteiger partial charge in [0.15, 0.2) is 17.7 Å². The van der Waals surface area contributed by atoms with Gasteiger partial charge >= 0.3 is 42.2 Å². The molecule has 20 nitrogen and oxygen atoms in total. The molecule has 0 saturated carbocycles. The molecule has 9 N–H and O–H groups in total. The van der Waals surface area contributed by atoms with Gasteiger partial charge in [0.2, 0.25) is 0 Å². The van der Waals surface area contributed by atoms with Gasteiger partial charge in [0.25, 0.3) is 0 Å². The highest BCUT2D eigenvalue weighted by molar-refractivity contribution is 7.68. The zero-order valence-corrected chi connectivity index (χ0v) is 24.4. The summed E-state index contributed by atoms with van der Waals surface area (Å²) in [6.45, 7) is -1.19. The van der Waals surface area contributed by atoms with E-state index >= 15 is 0 Å². The number of aliphatic hydroxyl groups excluding tert-OH is 2. The highest BCUT2D eigenvalue weighted by Gasteiger charge is 2.57. The maximum atomic E-state index is 14.1. The number of phosphoric ester groups is 1. The van der Waals surface area contributed by atoms with Crippen molar-refractivity contribution in [2.24, 2.45) is 0 Å². The van der Waals surface area contributed by atoms with Crippen LogP contribution >= 0.6 is 30.8 Å². The molecule has 28 heteroatoms. The molecule has 1 aliphatic rings. The van der Waals surface area contributed by atoms with Crippen molar-refractivity contribution < 1.29 is 88.4 Å². The summed E-state index contributed by atoms with van der Waals surface area (Å²) in [5.41, 5.74) is -4.08. The Morgan fingerprint density at radius 3 is 2.12 bits per heavy atom. The fraction of sp³-hybridized carbons (Fsp3) is 0.667. The van der Waals surface area contributed by atoms with E-state index in [1.807, 2.05) is 0 Å². The van der Waals surface area contributed by atoms with Crippen LogP contribution in [-0.4, -0.2) is 90.4 Å². The fourth-order valence-corrected chi connectivity index (χ4v) is 7.93. The molecule has 43 heavy (non-hydrogen) atoms. The van der Waals surface area contributed by atoms with Crippen LogP contribution in [0.25, 0.3) is 11.2 Å². The Kier molecular flexibility index (Phi) is 10.4. The minimum atomic E-state index is -6.67. The zero-order chi connectivity index (χ0) is 32.8. The topological polar surface area (TPSA) is 316 Å². The summed E-state index contributed by atoms with van der Waals surface area (Å²) < 4.78 is 119. The van der Waals surface area contributed by atoms with Gasteiger partial charge in [0, 0.05) is 12.8 Å². The normalized spacial score (nSPS) is 26.2. The second kappa shape index (κ2) is 12.4. The lowest BCUT2D eigenvalue weighted by molar-refractivity contribution is -0.0503. The number of hydrogen-bond acceptors (Lipinski definition) is 14. The summed E-state index contributed by atoms with van der Waals surface area (Å²) in [5.74, 6) is -0.0441. The Morgan fingerprint density at radius 1 is 0.907 bits per heavy atom. The maximum Gasteiger partial charge on any atom is 0.488 e. The Balaban J connectivity index is 1.61. The maximum absolute atomic E-state index is 14.1. The quantitative estimate of drug-likeness (QED) is 0.0999. The molecule has 0 bridgehead atoms. The van der Waals surface area contributed by atoms with Crippen LogP contribution in [0.3, 0.4) is 0 Å². The Labute approximate surface area is 236 Å². The number of alkyl halides is 4. The molecule has 7 atom stereocenters. The van der Waals surface area contributed by atoms with Gasteiger partial charge < -0.3 is 45.2 Å². The molecule has 0 spiro atoms.